The van der Waals surface area contributed by atoms with Crippen molar-refractivity contribution in [2.45, 2.75) is 6.61 Å². The number of hydrogen-bond donors (Lipinski definition) is 1. The minimum Gasteiger partial charge on any atom is -0.493 e. The highest BCUT2D eigenvalue weighted by atomic mass is 19.1. The van der Waals surface area contributed by atoms with Gasteiger partial charge in [0.2, 0.25) is 0 Å². The van der Waals surface area contributed by atoms with Gasteiger partial charge >= 0.3 is 0 Å². The smallest absolute Gasteiger partial charge is 0.251 e. The van der Waals surface area contributed by atoms with Crippen LogP contribution < -0.4 is 19.5 Å². The number of rotatable bonds is 9. The van der Waals surface area contributed by atoms with Gasteiger partial charge < -0.3 is 19.5 Å². The Morgan fingerprint density at radius 3 is 2.45 bits per heavy atom. The van der Waals surface area contributed by atoms with Crippen LogP contribution in [0.3, 0.4) is 0 Å². The standard InChI is InChI=1S/C23H22FNO4/c1-27-21-7-2-3-8-22(21)28-14-13-25-23(26)18-5-4-6-20(15-18)29-16-17-9-11-19(24)12-10-17/h2-12,15H,13-14,16H2,1H3,(H,25,26). The maximum absolute atomic E-state index is 13.0. The Labute approximate surface area is 169 Å². The van der Waals surface area contributed by atoms with Crippen LogP contribution in [0.4, 0.5) is 4.39 Å². The van der Waals surface area contributed by atoms with E-state index in [0.717, 1.165) is 5.56 Å². The molecule has 0 spiro atoms. The molecule has 0 fully saturated rings. The lowest BCUT2D eigenvalue weighted by Crippen LogP contribution is -2.28. The summed E-state index contributed by atoms with van der Waals surface area (Å²) in [7, 11) is 1.58. The zero-order chi connectivity index (χ0) is 20.5. The van der Waals surface area contributed by atoms with Gasteiger partial charge in [-0.15, -0.1) is 0 Å². The molecule has 5 nitrogen and oxygen atoms in total. The van der Waals surface area contributed by atoms with Crippen LogP contribution in [0.2, 0.25) is 0 Å². The third kappa shape index (κ3) is 5.97. The van der Waals surface area contributed by atoms with Crippen molar-refractivity contribution in [2.75, 3.05) is 20.3 Å². The molecule has 0 unspecified atom stereocenters. The molecular formula is C23H22FNO4. The van der Waals surface area contributed by atoms with Crippen molar-refractivity contribution >= 4 is 5.91 Å². The number of benzene rings is 3. The zero-order valence-electron chi connectivity index (χ0n) is 16.1. The van der Waals surface area contributed by atoms with Crippen molar-refractivity contribution in [2.24, 2.45) is 0 Å². The Balaban J connectivity index is 1.48. The number of methoxy groups -OCH3 is 1. The SMILES string of the molecule is COc1ccccc1OCCNC(=O)c1cccc(OCc2ccc(F)cc2)c1. The predicted molar refractivity (Wildman–Crippen MR) is 108 cm³/mol. The Morgan fingerprint density at radius 1 is 0.931 bits per heavy atom. The van der Waals surface area contributed by atoms with Crippen molar-refractivity contribution < 1.29 is 23.4 Å². The number of halogens is 1. The van der Waals surface area contributed by atoms with Gasteiger partial charge in [0.05, 0.1) is 13.7 Å². The maximum Gasteiger partial charge on any atom is 0.251 e. The van der Waals surface area contributed by atoms with Crippen LogP contribution in [0.15, 0.2) is 72.8 Å². The molecule has 0 aromatic heterocycles. The third-order valence-corrected chi connectivity index (χ3v) is 4.13. The number of amides is 1. The molecule has 3 rings (SSSR count). The van der Waals surface area contributed by atoms with E-state index in [9.17, 15) is 9.18 Å². The molecule has 0 aliphatic rings. The van der Waals surface area contributed by atoms with E-state index in [-0.39, 0.29) is 18.3 Å². The molecule has 0 saturated heterocycles. The summed E-state index contributed by atoms with van der Waals surface area (Å²) in [6.07, 6.45) is 0. The summed E-state index contributed by atoms with van der Waals surface area (Å²) < 4.78 is 29.5. The fourth-order valence-electron chi connectivity index (χ4n) is 2.64. The van der Waals surface area contributed by atoms with Crippen LogP contribution in [0.5, 0.6) is 17.2 Å². The van der Waals surface area contributed by atoms with Gasteiger partial charge in [0.25, 0.3) is 5.91 Å². The molecule has 1 amide bonds. The first kappa shape index (κ1) is 20.2. The lowest BCUT2D eigenvalue weighted by molar-refractivity contribution is 0.0946. The monoisotopic (exact) mass is 395 g/mol. The van der Waals surface area contributed by atoms with Gasteiger partial charge in [-0.3, -0.25) is 4.79 Å². The molecule has 0 aliphatic carbocycles. The van der Waals surface area contributed by atoms with Gasteiger partial charge in [-0.1, -0.05) is 30.3 Å². The van der Waals surface area contributed by atoms with E-state index >= 15 is 0 Å². The van der Waals surface area contributed by atoms with Crippen LogP contribution in [0.1, 0.15) is 15.9 Å². The van der Waals surface area contributed by atoms with Gasteiger partial charge in [-0.25, -0.2) is 4.39 Å². The first-order chi connectivity index (χ1) is 14.2. The minimum absolute atomic E-state index is 0.221. The van der Waals surface area contributed by atoms with Crippen molar-refractivity contribution in [1.29, 1.82) is 0 Å². The van der Waals surface area contributed by atoms with Crippen molar-refractivity contribution in [3.8, 4) is 17.2 Å². The average Bonchev–Trinajstić information content (AvgIpc) is 2.76. The fraction of sp³-hybridized carbons (Fsp3) is 0.174. The summed E-state index contributed by atoms with van der Waals surface area (Å²) in [6, 6.07) is 20.3. The molecule has 150 valence electrons. The van der Waals surface area contributed by atoms with E-state index < -0.39 is 0 Å². The van der Waals surface area contributed by atoms with Crippen LogP contribution in [0.25, 0.3) is 0 Å². The van der Waals surface area contributed by atoms with Crippen LogP contribution in [-0.4, -0.2) is 26.2 Å². The van der Waals surface area contributed by atoms with Crippen molar-refractivity contribution in [3.63, 3.8) is 0 Å². The van der Waals surface area contributed by atoms with E-state index in [4.69, 9.17) is 14.2 Å². The Kier molecular flexibility index (Phi) is 7.05. The second-order valence-corrected chi connectivity index (χ2v) is 6.20. The third-order valence-electron chi connectivity index (χ3n) is 4.13. The van der Waals surface area contributed by atoms with Gasteiger partial charge in [0.15, 0.2) is 11.5 Å². The topological polar surface area (TPSA) is 56.8 Å². The number of carbonyl (C=O) groups excluding carboxylic acids is 1. The normalized spacial score (nSPS) is 10.3. The lowest BCUT2D eigenvalue weighted by Gasteiger charge is -2.11. The molecule has 0 heterocycles. The highest BCUT2D eigenvalue weighted by Gasteiger charge is 2.08. The number of para-hydroxylation sites is 2. The summed E-state index contributed by atoms with van der Waals surface area (Å²) in [5.74, 6) is 1.32. The van der Waals surface area contributed by atoms with Crippen LogP contribution in [0, 0.1) is 5.82 Å². The molecule has 1 N–H and O–H groups in total. The summed E-state index contributed by atoms with van der Waals surface area (Å²) in [5, 5.41) is 2.81. The molecule has 0 saturated carbocycles. The number of hydrogen-bond acceptors (Lipinski definition) is 4. The Hall–Kier alpha value is -3.54. The second kappa shape index (κ2) is 10.1. The van der Waals surface area contributed by atoms with Crippen LogP contribution in [-0.2, 0) is 6.61 Å². The number of nitrogens with one attached hydrogen (secondary N) is 1. The molecule has 0 aliphatic heterocycles. The molecule has 29 heavy (non-hydrogen) atoms. The first-order valence-corrected chi connectivity index (χ1v) is 9.17. The largest absolute Gasteiger partial charge is 0.493 e. The predicted octanol–water partition coefficient (Wildman–Crippen LogP) is 4.22. The minimum atomic E-state index is -0.290. The van der Waals surface area contributed by atoms with E-state index in [0.29, 0.717) is 36.0 Å². The van der Waals surface area contributed by atoms with E-state index in [1.807, 2.05) is 24.3 Å². The molecule has 0 radical (unpaired) electrons. The maximum atomic E-state index is 13.0. The number of carbonyl (C=O) groups is 1. The summed E-state index contributed by atoms with van der Waals surface area (Å²) in [6.45, 7) is 0.947. The molecule has 6 heteroatoms. The van der Waals surface area contributed by atoms with Crippen LogP contribution >= 0.6 is 0 Å². The first-order valence-electron chi connectivity index (χ1n) is 9.17. The molecule has 0 atom stereocenters. The van der Waals surface area contributed by atoms with Gasteiger partial charge in [0.1, 0.15) is 24.8 Å². The highest BCUT2D eigenvalue weighted by molar-refractivity contribution is 5.94. The summed E-state index contributed by atoms with van der Waals surface area (Å²) in [4.78, 5) is 12.4. The Morgan fingerprint density at radius 2 is 1.69 bits per heavy atom. The van der Waals surface area contributed by atoms with Gasteiger partial charge in [-0.2, -0.15) is 0 Å². The zero-order valence-corrected chi connectivity index (χ0v) is 16.1. The van der Waals surface area contributed by atoms with E-state index in [1.54, 1.807) is 43.5 Å². The quantitative estimate of drug-likeness (QED) is 0.551. The van der Waals surface area contributed by atoms with Crippen molar-refractivity contribution in [3.05, 3.63) is 89.7 Å². The highest BCUT2D eigenvalue weighted by Crippen LogP contribution is 2.25. The summed E-state index contributed by atoms with van der Waals surface area (Å²) in [5.41, 5.74) is 1.33. The average molecular weight is 395 g/mol. The Bertz CT molecular complexity index is 944. The van der Waals surface area contributed by atoms with Gasteiger partial charge in [0, 0.05) is 5.56 Å². The second-order valence-electron chi connectivity index (χ2n) is 6.20. The lowest BCUT2D eigenvalue weighted by atomic mass is 10.2. The van der Waals surface area contributed by atoms with E-state index in [1.165, 1.54) is 12.1 Å². The number of ether oxygens (including phenoxy) is 3. The van der Waals surface area contributed by atoms with E-state index in [2.05, 4.69) is 5.32 Å². The van der Waals surface area contributed by atoms with Crippen molar-refractivity contribution in [1.82, 2.24) is 5.32 Å². The molecule has 0 bridgehead atoms. The summed E-state index contributed by atoms with van der Waals surface area (Å²) >= 11 is 0. The fourth-order valence-corrected chi connectivity index (χ4v) is 2.64. The van der Waals surface area contributed by atoms with Gasteiger partial charge in [-0.05, 0) is 48.0 Å². The molecule has 3 aromatic carbocycles. The molecular weight excluding hydrogens is 373 g/mol. The molecule has 3 aromatic rings.